The van der Waals surface area contributed by atoms with Gasteiger partial charge in [0, 0.05) is 0 Å². The van der Waals surface area contributed by atoms with Crippen LogP contribution in [-0.2, 0) is 6.42 Å². The summed E-state index contributed by atoms with van der Waals surface area (Å²) >= 11 is 0. The van der Waals surface area contributed by atoms with Crippen LogP contribution in [0.15, 0.2) is 24.8 Å². The van der Waals surface area contributed by atoms with Gasteiger partial charge in [-0.1, -0.05) is 75.8 Å². The second-order valence-electron chi connectivity index (χ2n) is 5.79. The molecule has 1 aromatic carbocycles. The van der Waals surface area contributed by atoms with Crippen molar-refractivity contribution in [3.8, 4) is 0 Å². The number of allylic oxidation sites excluding steroid dienone is 1. The number of hydrogen-bond acceptors (Lipinski definition) is 0. The topological polar surface area (TPSA) is 0 Å². The van der Waals surface area contributed by atoms with E-state index < -0.39 is 0 Å². The molecule has 0 spiro atoms. The second-order valence-corrected chi connectivity index (χ2v) is 5.79. The van der Waals surface area contributed by atoms with E-state index in [2.05, 4.69) is 45.5 Å². The minimum absolute atomic E-state index is 1.16. The zero-order chi connectivity index (χ0) is 14.1. The molecule has 0 aliphatic carbocycles. The maximum Gasteiger partial charge on any atom is -0.0230 e. The molecule has 1 rings (SSSR count). The first-order chi connectivity index (χ1) is 9.15. The molecule has 0 aliphatic heterocycles. The molecular formula is C19H30. The number of benzene rings is 1. The van der Waals surface area contributed by atoms with Crippen LogP contribution in [0.4, 0.5) is 0 Å². The first kappa shape index (κ1) is 16.0. The minimum atomic E-state index is 1.16. The van der Waals surface area contributed by atoms with Crippen LogP contribution >= 0.6 is 0 Å². The summed E-state index contributed by atoms with van der Waals surface area (Å²) in [7, 11) is 0. The lowest BCUT2D eigenvalue weighted by Gasteiger charge is -2.08. The maximum atomic E-state index is 4.01. The highest BCUT2D eigenvalue weighted by Crippen LogP contribution is 2.19. The van der Waals surface area contributed by atoms with Gasteiger partial charge in [0.25, 0.3) is 0 Å². The SMILES string of the molecule is C=C(C)c1ccc(CCCCCCCCC)c(C)c1. The van der Waals surface area contributed by atoms with E-state index in [4.69, 9.17) is 0 Å². The van der Waals surface area contributed by atoms with Crippen LogP contribution in [0.1, 0.15) is 75.5 Å². The van der Waals surface area contributed by atoms with Crippen molar-refractivity contribution in [1.82, 2.24) is 0 Å². The van der Waals surface area contributed by atoms with E-state index >= 15 is 0 Å². The van der Waals surface area contributed by atoms with Crippen LogP contribution in [0.2, 0.25) is 0 Å². The van der Waals surface area contributed by atoms with Crippen molar-refractivity contribution < 1.29 is 0 Å². The molecule has 0 heteroatoms. The van der Waals surface area contributed by atoms with Gasteiger partial charge in [0.2, 0.25) is 0 Å². The first-order valence-electron chi connectivity index (χ1n) is 7.90. The van der Waals surface area contributed by atoms with Crippen molar-refractivity contribution in [3.63, 3.8) is 0 Å². The fourth-order valence-corrected chi connectivity index (χ4v) is 2.51. The highest BCUT2D eigenvalue weighted by molar-refractivity contribution is 5.62. The van der Waals surface area contributed by atoms with Gasteiger partial charge in [0.05, 0.1) is 0 Å². The average molecular weight is 258 g/mol. The molecule has 0 N–H and O–H groups in total. The Balaban J connectivity index is 2.28. The third-order valence-corrected chi connectivity index (χ3v) is 3.89. The number of aryl methyl sites for hydroxylation is 2. The van der Waals surface area contributed by atoms with Gasteiger partial charge in [-0.25, -0.2) is 0 Å². The summed E-state index contributed by atoms with van der Waals surface area (Å²) in [5, 5.41) is 0. The molecule has 0 saturated heterocycles. The van der Waals surface area contributed by atoms with Gasteiger partial charge < -0.3 is 0 Å². The van der Waals surface area contributed by atoms with E-state index in [0.717, 1.165) is 5.57 Å². The second kappa shape index (κ2) is 8.96. The van der Waals surface area contributed by atoms with Crippen molar-refractivity contribution in [2.75, 3.05) is 0 Å². The summed E-state index contributed by atoms with van der Waals surface area (Å²) < 4.78 is 0. The number of rotatable bonds is 9. The summed E-state index contributed by atoms with van der Waals surface area (Å²) in [5.41, 5.74) is 5.37. The Kier molecular flexibility index (Phi) is 7.55. The Hall–Kier alpha value is -1.04. The Morgan fingerprint density at radius 2 is 1.63 bits per heavy atom. The molecule has 0 saturated carbocycles. The zero-order valence-corrected chi connectivity index (χ0v) is 13.1. The van der Waals surface area contributed by atoms with Crippen LogP contribution in [0.5, 0.6) is 0 Å². The fraction of sp³-hybridized carbons (Fsp3) is 0.579. The van der Waals surface area contributed by atoms with E-state index in [0.29, 0.717) is 0 Å². The Morgan fingerprint density at radius 3 is 2.21 bits per heavy atom. The number of unbranched alkanes of at least 4 members (excludes halogenated alkanes) is 6. The summed E-state index contributed by atoms with van der Waals surface area (Å²) in [5.74, 6) is 0. The molecule has 19 heavy (non-hydrogen) atoms. The van der Waals surface area contributed by atoms with Crippen molar-refractivity contribution in [1.29, 1.82) is 0 Å². The molecule has 0 atom stereocenters. The van der Waals surface area contributed by atoms with Crippen LogP contribution in [0, 0.1) is 6.92 Å². The highest BCUT2D eigenvalue weighted by atomic mass is 14.1. The summed E-state index contributed by atoms with van der Waals surface area (Å²) in [4.78, 5) is 0. The van der Waals surface area contributed by atoms with Gasteiger partial charge in [-0.2, -0.15) is 0 Å². The Morgan fingerprint density at radius 1 is 1.00 bits per heavy atom. The lowest BCUT2D eigenvalue weighted by atomic mass is 9.97. The fourth-order valence-electron chi connectivity index (χ4n) is 2.51. The van der Waals surface area contributed by atoms with Crippen LogP contribution in [-0.4, -0.2) is 0 Å². The van der Waals surface area contributed by atoms with Crippen molar-refractivity contribution >= 4 is 5.57 Å². The lowest BCUT2D eigenvalue weighted by Crippen LogP contribution is -1.92. The first-order valence-corrected chi connectivity index (χ1v) is 7.90. The van der Waals surface area contributed by atoms with E-state index in [1.54, 1.807) is 0 Å². The van der Waals surface area contributed by atoms with Crippen LogP contribution < -0.4 is 0 Å². The van der Waals surface area contributed by atoms with Crippen LogP contribution in [0.3, 0.4) is 0 Å². The smallest absolute Gasteiger partial charge is 0.0230 e. The molecular weight excluding hydrogens is 228 g/mol. The van der Waals surface area contributed by atoms with Crippen molar-refractivity contribution in [2.45, 2.75) is 72.1 Å². The van der Waals surface area contributed by atoms with Crippen molar-refractivity contribution in [3.05, 3.63) is 41.5 Å². The molecule has 0 bridgehead atoms. The highest BCUT2D eigenvalue weighted by Gasteiger charge is 2.01. The zero-order valence-electron chi connectivity index (χ0n) is 13.1. The largest absolute Gasteiger partial charge is 0.0955 e. The van der Waals surface area contributed by atoms with E-state index in [1.807, 2.05) is 0 Å². The van der Waals surface area contributed by atoms with Crippen molar-refractivity contribution in [2.24, 2.45) is 0 Å². The predicted molar refractivity (Wildman–Crippen MR) is 87.6 cm³/mol. The molecule has 0 fully saturated rings. The average Bonchev–Trinajstić information content (AvgIpc) is 2.39. The van der Waals surface area contributed by atoms with Gasteiger partial charge in [-0.3, -0.25) is 0 Å². The van der Waals surface area contributed by atoms with Gasteiger partial charge in [0.1, 0.15) is 0 Å². The van der Waals surface area contributed by atoms with Gasteiger partial charge >= 0.3 is 0 Å². The van der Waals surface area contributed by atoms with Gasteiger partial charge in [0.15, 0.2) is 0 Å². The monoisotopic (exact) mass is 258 g/mol. The van der Waals surface area contributed by atoms with Crippen LogP contribution in [0.25, 0.3) is 5.57 Å². The Bertz CT molecular complexity index is 387. The molecule has 0 aromatic heterocycles. The molecule has 0 amide bonds. The molecule has 0 nitrogen and oxygen atoms in total. The maximum absolute atomic E-state index is 4.01. The van der Waals surface area contributed by atoms with Gasteiger partial charge in [-0.15, -0.1) is 0 Å². The lowest BCUT2D eigenvalue weighted by molar-refractivity contribution is 0.589. The van der Waals surface area contributed by atoms with E-state index in [1.165, 1.54) is 68.1 Å². The third kappa shape index (κ3) is 6.09. The van der Waals surface area contributed by atoms with E-state index in [-0.39, 0.29) is 0 Å². The quantitative estimate of drug-likeness (QED) is 0.454. The third-order valence-electron chi connectivity index (χ3n) is 3.89. The Labute approximate surface area is 119 Å². The molecule has 1 aromatic rings. The summed E-state index contributed by atoms with van der Waals surface area (Å²) in [6.45, 7) is 10.6. The van der Waals surface area contributed by atoms with Gasteiger partial charge in [-0.05, 0) is 43.4 Å². The molecule has 0 radical (unpaired) electrons. The molecule has 106 valence electrons. The molecule has 0 aliphatic rings. The molecule has 0 unspecified atom stereocenters. The number of hydrogen-bond donors (Lipinski definition) is 0. The summed E-state index contributed by atoms with van der Waals surface area (Å²) in [6, 6.07) is 6.78. The van der Waals surface area contributed by atoms with E-state index in [9.17, 15) is 0 Å². The molecule has 0 heterocycles. The summed E-state index contributed by atoms with van der Waals surface area (Å²) in [6.07, 6.45) is 10.9. The normalized spacial score (nSPS) is 10.7. The predicted octanol–water partition coefficient (Wildman–Crippen LogP) is 6.32. The standard InChI is InChI=1S/C19H30/c1-5-6-7-8-9-10-11-12-18-13-14-19(16(2)3)15-17(18)4/h13-15H,2,5-12H2,1,3-4H3. The minimum Gasteiger partial charge on any atom is -0.0955 e.